The van der Waals surface area contributed by atoms with Crippen LogP contribution in [0, 0.1) is 0 Å². The molecule has 0 aromatic carbocycles. The van der Waals surface area contributed by atoms with Gasteiger partial charge in [0.15, 0.2) is 0 Å². The van der Waals surface area contributed by atoms with Gasteiger partial charge in [0.05, 0.1) is 5.66 Å². The van der Waals surface area contributed by atoms with Crippen molar-refractivity contribution in [3.63, 3.8) is 0 Å². The number of nitrogens with one attached hydrogen (secondary N) is 3. The fourth-order valence-corrected chi connectivity index (χ4v) is 2.12. The quantitative estimate of drug-likeness (QED) is 0.500. The molecular weight excluding hydrogens is 138 g/mol. The maximum atomic E-state index is 3.35. The lowest BCUT2D eigenvalue weighted by molar-refractivity contribution is 0.247. The molecule has 0 saturated heterocycles. The molecule has 1 rings (SSSR count). The first kappa shape index (κ1) is 8.97. The van der Waals surface area contributed by atoms with Gasteiger partial charge >= 0.3 is 0 Å². The summed E-state index contributed by atoms with van der Waals surface area (Å²) >= 11 is 0. The minimum atomic E-state index is 0.134. The van der Waals surface area contributed by atoms with Crippen LogP contribution in [0.3, 0.4) is 0 Å². The third-order valence-corrected chi connectivity index (χ3v) is 2.90. The summed E-state index contributed by atoms with van der Waals surface area (Å²) in [4.78, 5) is 0. The largest absolute Gasteiger partial charge is 0.314 e. The average molecular weight is 157 g/mol. The van der Waals surface area contributed by atoms with Gasteiger partial charge in [0.2, 0.25) is 0 Å². The lowest BCUT2D eigenvalue weighted by atomic mass is 10.1. The van der Waals surface area contributed by atoms with Gasteiger partial charge in [-0.05, 0) is 40.4 Å². The van der Waals surface area contributed by atoms with E-state index in [4.69, 9.17) is 0 Å². The van der Waals surface area contributed by atoms with Crippen molar-refractivity contribution in [2.75, 3.05) is 21.1 Å². The molecule has 3 heteroatoms. The molecule has 0 aromatic heterocycles. The van der Waals surface area contributed by atoms with E-state index in [1.54, 1.807) is 0 Å². The van der Waals surface area contributed by atoms with E-state index in [1.807, 2.05) is 21.1 Å². The molecule has 0 amide bonds. The van der Waals surface area contributed by atoms with Crippen LogP contribution in [0.1, 0.15) is 19.3 Å². The molecule has 1 atom stereocenters. The lowest BCUT2D eigenvalue weighted by Crippen LogP contribution is -2.62. The van der Waals surface area contributed by atoms with E-state index in [0.717, 1.165) is 0 Å². The Morgan fingerprint density at radius 3 is 2.18 bits per heavy atom. The van der Waals surface area contributed by atoms with Crippen LogP contribution in [0.25, 0.3) is 0 Å². The Hall–Kier alpha value is -0.120. The van der Waals surface area contributed by atoms with Gasteiger partial charge in [-0.1, -0.05) is 0 Å². The standard InChI is InChI=1S/C8H19N3/c1-9-7-5-4-6-8(7,10-2)11-3/h7,9-11H,4-6H2,1-3H3. The van der Waals surface area contributed by atoms with E-state index in [2.05, 4.69) is 16.0 Å². The molecule has 0 radical (unpaired) electrons. The maximum Gasteiger partial charge on any atom is 0.0839 e. The zero-order chi connectivity index (χ0) is 8.32. The predicted molar refractivity (Wildman–Crippen MR) is 47.5 cm³/mol. The van der Waals surface area contributed by atoms with Crippen molar-refractivity contribution in [2.24, 2.45) is 0 Å². The number of likely N-dealkylation sites (N-methyl/N-ethyl adjacent to an activating group) is 3. The van der Waals surface area contributed by atoms with Crippen LogP contribution in [0.2, 0.25) is 0 Å². The van der Waals surface area contributed by atoms with Crippen molar-refractivity contribution in [3.8, 4) is 0 Å². The summed E-state index contributed by atoms with van der Waals surface area (Å²) in [5.41, 5.74) is 0.134. The van der Waals surface area contributed by atoms with E-state index < -0.39 is 0 Å². The first-order valence-corrected chi connectivity index (χ1v) is 4.34. The first-order valence-electron chi connectivity index (χ1n) is 4.34. The summed E-state index contributed by atoms with van der Waals surface area (Å²) in [6.07, 6.45) is 3.77. The molecule has 0 bridgehead atoms. The fraction of sp³-hybridized carbons (Fsp3) is 1.00. The molecule has 1 unspecified atom stereocenters. The van der Waals surface area contributed by atoms with Gasteiger partial charge in [0.25, 0.3) is 0 Å². The predicted octanol–water partition coefficient (Wildman–Crippen LogP) is -0.107. The van der Waals surface area contributed by atoms with Crippen molar-refractivity contribution < 1.29 is 0 Å². The zero-order valence-electron chi connectivity index (χ0n) is 7.70. The normalized spacial score (nSPS) is 29.2. The van der Waals surface area contributed by atoms with Crippen LogP contribution in [0.15, 0.2) is 0 Å². The van der Waals surface area contributed by atoms with Crippen molar-refractivity contribution in [2.45, 2.75) is 31.0 Å². The SMILES string of the molecule is CNC1CCCC1(NC)NC. The van der Waals surface area contributed by atoms with Crippen LogP contribution in [0.4, 0.5) is 0 Å². The van der Waals surface area contributed by atoms with Crippen molar-refractivity contribution in [1.29, 1.82) is 0 Å². The second kappa shape index (κ2) is 3.52. The Balaban J connectivity index is 2.63. The highest BCUT2D eigenvalue weighted by molar-refractivity contribution is 4.99. The Morgan fingerprint density at radius 1 is 1.18 bits per heavy atom. The van der Waals surface area contributed by atoms with Gasteiger partial charge in [-0.2, -0.15) is 0 Å². The van der Waals surface area contributed by atoms with Gasteiger partial charge in [-0.3, -0.25) is 0 Å². The molecule has 1 saturated carbocycles. The molecule has 0 heterocycles. The molecule has 0 aliphatic heterocycles. The van der Waals surface area contributed by atoms with E-state index in [1.165, 1.54) is 19.3 Å². The second-order valence-electron chi connectivity index (χ2n) is 3.20. The third-order valence-electron chi connectivity index (χ3n) is 2.90. The molecule has 3 nitrogen and oxygen atoms in total. The second-order valence-corrected chi connectivity index (χ2v) is 3.20. The molecule has 0 aromatic rings. The molecule has 0 spiro atoms. The van der Waals surface area contributed by atoms with Gasteiger partial charge in [0, 0.05) is 6.04 Å². The van der Waals surface area contributed by atoms with Crippen LogP contribution >= 0.6 is 0 Å². The number of hydrogen-bond acceptors (Lipinski definition) is 3. The highest BCUT2D eigenvalue weighted by Gasteiger charge is 2.39. The molecular formula is C8H19N3. The lowest BCUT2D eigenvalue weighted by Gasteiger charge is -2.34. The minimum Gasteiger partial charge on any atom is -0.314 e. The summed E-state index contributed by atoms with van der Waals surface area (Å²) in [5.74, 6) is 0. The molecule has 3 N–H and O–H groups in total. The van der Waals surface area contributed by atoms with Gasteiger partial charge < -0.3 is 16.0 Å². The van der Waals surface area contributed by atoms with Crippen molar-refractivity contribution in [1.82, 2.24) is 16.0 Å². The zero-order valence-corrected chi connectivity index (χ0v) is 7.70. The topological polar surface area (TPSA) is 36.1 Å². The Bertz CT molecular complexity index is 121. The molecule has 1 aliphatic carbocycles. The minimum absolute atomic E-state index is 0.134. The van der Waals surface area contributed by atoms with Gasteiger partial charge in [-0.15, -0.1) is 0 Å². The Labute approximate surface area is 68.9 Å². The molecule has 66 valence electrons. The van der Waals surface area contributed by atoms with E-state index in [0.29, 0.717) is 6.04 Å². The van der Waals surface area contributed by atoms with Gasteiger partial charge in [-0.25, -0.2) is 0 Å². The average Bonchev–Trinajstić information content (AvgIpc) is 2.47. The fourth-order valence-electron chi connectivity index (χ4n) is 2.12. The molecule has 1 fully saturated rings. The number of hydrogen-bond donors (Lipinski definition) is 3. The van der Waals surface area contributed by atoms with Crippen LogP contribution in [-0.2, 0) is 0 Å². The van der Waals surface area contributed by atoms with Crippen LogP contribution in [-0.4, -0.2) is 32.8 Å². The first-order chi connectivity index (χ1) is 5.29. The number of rotatable bonds is 3. The van der Waals surface area contributed by atoms with E-state index >= 15 is 0 Å². The third kappa shape index (κ3) is 1.41. The molecule has 11 heavy (non-hydrogen) atoms. The van der Waals surface area contributed by atoms with Gasteiger partial charge in [0.1, 0.15) is 0 Å². The highest BCUT2D eigenvalue weighted by Crippen LogP contribution is 2.26. The maximum absolute atomic E-state index is 3.35. The van der Waals surface area contributed by atoms with Crippen LogP contribution in [0.5, 0.6) is 0 Å². The smallest absolute Gasteiger partial charge is 0.0839 e. The Kier molecular flexibility index (Phi) is 2.87. The summed E-state index contributed by atoms with van der Waals surface area (Å²) in [7, 11) is 6.07. The summed E-state index contributed by atoms with van der Waals surface area (Å²) in [6.45, 7) is 0. The monoisotopic (exact) mass is 157 g/mol. The summed E-state index contributed by atoms with van der Waals surface area (Å²) in [6, 6.07) is 0.567. The van der Waals surface area contributed by atoms with Crippen molar-refractivity contribution >= 4 is 0 Å². The van der Waals surface area contributed by atoms with Crippen LogP contribution < -0.4 is 16.0 Å². The Morgan fingerprint density at radius 2 is 1.82 bits per heavy atom. The van der Waals surface area contributed by atoms with Crippen molar-refractivity contribution in [3.05, 3.63) is 0 Å². The van der Waals surface area contributed by atoms with E-state index in [9.17, 15) is 0 Å². The van der Waals surface area contributed by atoms with E-state index in [-0.39, 0.29) is 5.66 Å². The summed E-state index contributed by atoms with van der Waals surface area (Å²) in [5, 5.41) is 10.0. The summed E-state index contributed by atoms with van der Waals surface area (Å²) < 4.78 is 0. The molecule has 1 aliphatic rings. The highest BCUT2D eigenvalue weighted by atomic mass is 15.2.